The molecular weight excluding hydrogens is 757 g/mol. The van der Waals surface area contributed by atoms with Crippen LogP contribution in [0.15, 0.2) is 121 Å². The van der Waals surface area contributed by atoms with Gasteiger partial charge in [0.25, 0.3) is 0 Å². The third kappa shape index (κ3) is 10.3. The molecule has 0 amide bonds. The van der Waals surface area contributed by atoms with Gasteiger partial charge in [-0.25, -0.2) is 0 Å². The molecule has 0 spiro atoms. The van der Waals surface area contributed by atoms with Crippen LogP contribution in [0.3, 0.4) is 0 Å². The number of unbranched alkanes of at least 4 members (excludes halogenated alkanes) is 10. The van der Waals surface area contributed by atoms with Crippen molar-refractivity contribution < 1.29 is 29.2 Å². The van der Waals surface area contributed by atoms with E-state index in [9.17, 15) is 0 Å². The minimum absolute atomic E-state index is 0.0346. The van der Waals surface area contributed by atoms with Crippen LogP contribution < -0.4 is 9.47 Å². The molecular formula is C55H66O6. The summed E-state index contributed by atoms with van der Waals surface area (Å²) in [4.78, 5) is 0. The van der Waals surface area contributed by atoms with Crippen molar-refractivity contribution in [2.75, 3.05) is 39.6 Å². The highest BCUT2D eigenvalue weighted by atomic mass is 16.5. The van der Waals surface area contributed by atoms with Gasteiger partial charge in [-0.05, 0) is 95.8 Å². The summed E-state index contributed by atoms with van der Waals surface area (Å²) < 4.78 is 25.6. The predicted molar refractivity (Wildman–Crippen MR) is 250 cm³/mol. The van der Waals surface area contributed by atoms with E-state index in [-0.39, 0.29) is 25.4 Å². The lowest BCUT2D eigenvalue weighted by Gasteiger charge is -2.36. The van der Waals surface area contributed by atoms with Crippen molar-refractivity contribution in [1.82, 2.24) is 0 Å². The summed E-state index contributed by atoms with van der Waals surface area (Å²) in [5.74, 6) is 1.72. The van der Waals surface area contributed by atoms with E-state index in [0.717, 1.165) is 97.6 Å². The maximum Gasteiger partial charge on any atom is 0.127 e. The van der Waals surface area contributed by atoms with Gasteiger partial charge in [0.05, 0.1) is 17.6 Å². The van der Waals surface area contributed by atoms with Gasteiger partial charge in [0, 0.05) is 37.2 Å². The minimum Gasteiger partial charge on any atom is -0.490 e. The van der Waals surface area contributed by atoms with E-state index >= 15 is 0 Å². The van der Waals surface area contributed by atoms with Crippen LogP contribution in [0.2, 0.25) is 0 Å². The normalized spacial score (nSPS) is 13.9. The molecule has 0 fully saturated rings. The molecule has 0 heterocycles. The minimum atomic E-state index is -0.632. The van der Waals surface area contributed by atoms with Crippen LogP contribution in [0.4, 0.5) is 0 Å². The molecule has 6 aromatic carbocycles. The summed E-state index contributed by atoms with van der Waals surface area (Å²) in [5.41, 5.74) is 6.82. The number of ether oxygens (including phenoxy) is 4. The van der Waals surface area contributed by atoms with Crippen molar-refractivity contribution in [2.45, 2.75) is 109 Å². The SMILES string of the molecule is CC(COc1cccc2c(C3(c4cccc5c(OCC(C)OCCCCCCCCO)cccc45)c4ccccc4-c4ccccc43)cccc12)OCCCCCCCCO. The summed E-state index contributed by atoms with van der Waals surface area (Å²) in [7, 11) is 0. The fourth-order valence-corrected chi connectivity index (χ4v) is 9.35. The molecule has 0 saturated carbocycles. The highest BCUT2D eigenvalue weighted by Gasteiger charge is 2.47. The highest BCUT2D eigenvalue weighted by molar-refractivity contribution is 6.01. The molecule has 6 heteroatoms. The van der Waals surface area contributed by atoms with Gasteiger partial charge in [0.2, 0.25) is 0 Å². The quantitative estimate of drug-likeness (QED) is 0.0530. The van der Waals surface area contributed by atoms with Gasteiger partial charge in [-0.15, -0.1) is 0 Å². The molecule has 0 radical (unpaired) electrons. The van der Waals surface area contributed by atoms with Crippen LogP contribution >= 0.6 is 0 Å². The third-order valence-electron chi connectivity index (χ3n) is 12.4. The molecule has 322 valence electrons. The number of rotatable bonds is 26. The molecule has 61 heavy (non-hydrogen) atoms. The van der Waals surface area contributed by atoms with E-state index in [1.165, 1.54) is 59.1 Å². The second-order valence-electron chi connectivity index (χ2n) is 16.8. The molecule has 1 aliphatic rings. The van der Waals surface area contributed by atoms with Crippen LogP contribution in [-0.4, -0.2) is 62.1 Å². The number of benzene rings is 6. The van der Waals surface area contributed by atoms with Crippen molar-refractivity contribution >= 4 is 21.5 Å². The molecule has 0 saturated heterocycles. The molecule has 6 nitrogen and oxygen atoms in total. The van der Waals surface area contributed by atoms with Gasteiger partial charge in [-0.1, -0.05) is 161 Å². The summed E-state index contributed by atoms with van der Waals surface area (Å²) in [5, 5.41) is 22.5. The Morgan fingerprint density at radius 1 is 0.393 bits per heavy atom. The van der Waals surface area contributed by atoms with Crippen molar-refractivity contribution in [3.63, 3.8) is 0 Å². The Hall–Kier alpha value is -4.72. The zero-order valence-corrected chi connectivity index (χ0v) is 36.5. The van der Waals surface area contributed by atoms with Crippen LogP contribution in [0.1, 0.15) is 113 Å². The molecule has 0 aliphatic heterocycles. The number of aliphatic hydroxyl groups is 2. The van der Waals surface area contributed by atoms with Gasteiger partial charge in [0.1, 0.15) is 24.7 Å². The van der Waals surface area contributed by atoms with Crippen LogP contribution in [0, 0.1) is 0 Å². The molecule has 7 rings (SSSR count). The van der Waals surface area contributed by atoms with Gasteiger partial charge < -0.3 is 29.2 Å². The van der Waals surface area contributed by atoms with Crippen LogP contribution in [0.25, 0.3) is 32.7 Å². The van der Waals surface area contributed by atoms with E-state index in [2.05, 4.69) is 135 Å². The zero-order valence-electron chi connectivity index (χ0n) is 36.5. The summed E-state index contributed by atoms with van der Waals surface area (Å²) in [6, 6.07) is 44.1. The Labute approximate surface area is 363 Å². The summed E-state index contributed by atoms with van der Waals surface area (Å²) in [6.07, 6.45) is 13.0. The zero-order chi connectivity index (χ0) is 42.3. The number of aliphatic hydroxyl groups excluding tert-OH is 2. The van der Waals surface area contributed by atoms with Gasteiger partial charge >= 0.3 is 0 Å². The molecule has 2 atom stereocenters. The second kappa shape index (κ2) is 22.4. The Morgan fingerprint density at radius 3 is 1.20 bits per heavy atom. The topological polar surface area (TPSA) is 77.4 Å². The predicted octanol–water partition coefficient (Wildman–Crippen LogP) is 12.6. The van der Waals surface area contributed by atoms with Crippen LogP contribution in [0.5, 0.6) is 11.5 Å². The Balaban J connectivity index is 1.18. The van der Waals surface area contributed by atoms with E-state index in [0.29, 0.717) is 13.2 Å². The van der Waals surface area contributed by atoms with Crippen molar-refractivity contribution in [3.05, 3.63) is 144 Å². The van der Waals surface area contributed by atoms with E-state index in [1.807, 2.05) is 0 Å². The van der Waals surface area contributed by atoms with Crippen molar-refractivity contribution in [1.29, 1.82) is 0 Å². The third-order valence-corrected chi connectivity index (χ3v) is 12.4. The summed E-state index contributed by atoms with van der Waals surface area (Å²) >= 11 is 0. The lowest BCUT2D eigenvalue weighted by Crippen LogP contribution is -2.29. The first-order chi connectivity index (χ1) is 30.1. The smallest absolute Gasteiger partial charge is 0.127 e. The fraction of sp³-hybridized carbons (Fsp3) is 0.418. The average molecular weight is 823 g/mol. The lowest BCUT2D eigenvalue weighted by molar-refractivity contribution is 0.0305. The average Bonchev–Trinajstić information content (AvgIpc) is 3.59. The van der Waals surface area contributed by atoms with E-state index in [1.54, 1.807) is 0 Å². The monoisotopic (exact) mass is 822 g/mol. The first-order valence-electron chi connectivity index (χ1n) is 23.0. The Morgan fingerprint density at radius 2 is 0.754 bits per heavy atom. The molecule has 2 unspecified atom stereocenters. The molecule has 2 N–H and O–H groups in total. The van der Waals surface area contributed by atoms with E-state index in [4.69, 9.17) is 29.2 Å². The number of hydrogen-bond donors (Lipinski definition) is 2. The van der Waals surface area contributed by atoms with Gasteiger partial charge in [-0.2, -0.15) is 0 Å². The largest absolute Gasteiger partial charge is 0.490 e. The number of hydrogen-bond acceptors (Lipinski definition) is 6. The maximum atomic E-state index is 9.02. The van der Waals surface area contributed by atoms with E-state index < -0.39 is 5.41 Å². The first-order valence-corrected chi connectivity index (χ1v) is 23.0. The first kappa shape index (κ1) is 44.3. The number of fused-ring (bicyclic) bond motifs is 5. The van der Waals surface area contributed by atoms with Crippen molar-refractivity contribution in [3.8, 4) is 22.6 Å². The van der Waals surface area contributed by atoms with Gasteiger partial charge in [0.15, 0.2) is 0 Å². The van der Waals surface area contributed by atoms with Gasteiger partial charge in [-0.3, -0.25) is 0 Å². The fourth-order valence-electron chi connectivity index (χ4n) is 9.35. The molecule has 0 aromatic heterocycles. The molecule has 6 aromatic rings. The Kier molecular flexibility index (Phi) is 16.3. The Bertz CT molecular complexity index is 2120. The molecule has 1 aliphatic carbocycles. The highest BCUT2D eigenvalue weighted by Crippen LogP contribution is 2.58. The van der Waals surface area contributed by atoms with Crippen LogP contribution in [-0.2, 0) is 14.9 Å². The maximum absolute atomic E-state index is 9.02. The van der Waals surface area contributed by atoms with Crippen molar-refractivity contribution in [2.24, 2.45) is 0 Å². The molecule has 0 bridgehead atoms. The second-order valence-corrected chi connectivity index (χ2v) is 16.8. The summed E-state index contributed by atoms with van der Waals surface area (Å²) in [6.45, 7) is 7.15. The standard InChI is InChI=1S/C55H66O6/c1-41(58-37-17-9-5-3-7-15-35-56)39-60-53-33-21-25-45-47(53)27-19-31-51(45)55(49-29-13-11-23-43(49)44-24-12-14-30-50(44)55)52-32-20-28-48-46(52)26-22-34-54(48)61-40-42(2)59-38-18-10-6-4-8-16-36-57/h11-14,19-34,41-42,56-57H,3-10,15-18,35-40H2,1-2H3. The lowest BCUT2D eigenvalue weighted by atomic mass is 9.65.